The lowest BCUT2D eigenvalue weighted by Gasteiger charge is -2.08. The van der Waals surface area contributed by atoms with Gasteiger partial charge in [0.05, 0.1) is 5.02 Å². The molecule has 126 valence electrons. The zero-order valence-corrected chi connectivity index (χ0v) is 13.8. The number of pyridine rings is 1. The molecular weight excluding hydrogens is 343 g/mol. The van der Waals surface area contributed by atoms with Crippen molar-refractivity contribution in [1.82, 2.24) is 4.98 Å². The zero-order chi connectivity index (χ0) is 17.6. The van der Waals surface area contributed by atoms with E-state index >= 15 is 0 Å². The van der Waals surface area contributed by atoms with Crippen LogP contribution in [-0.2, 0) is 6.61 Å². The summed E-state index contributed by atoms with van der Waals surface area (Å²) >= 11 is 5.70. The van der Waals surface area contributed by atoms with Crippen molar-refractivity contribution in [3.63, 3.8) is 0 Å². The molecule has 0 saturated carbocycles. The smallest absolute Gasteiger partial charge is 0.255 e. The molecule has 0 spiro atoms. The zero-order valence-electron chi connectivity index (χ0n) is 13.1. The Bertz CT molecular complexity index is 870. The van der Waals surface area contributed by atoms with E-state index in [1.807, 2.05) is 12.1 Å². The highest BCUT2D eigenvalue weighted by atomic mass is 35.5. The number of rotatable bonds is 5. The summed E-state index contributed by atoms with van der Waals surface area (Å²) in [4.78, 5) is 16.2. The van der Waals surface area contributed by atoms with Crippen molar-refractivity contribution in [3.05, 3.63) is 89.0 Å². The Morgan fingerprint density at radius 2 is 1.96 bits per heavy atom. The molecule has 2 aromatic carbocycles. The Hall–Kier alpha value is -2.92. The third-order valence-corrected chi connectivity index (χ3v) is 3.71. The molecule has 0 fully saturated rings. The predicted molar refractivity (Wildman–Crippen MR) is 94.4 cm³/mol. The van der Waals surface area contributed by atoms with Crippen LogP contribution in [0.15, 0.2) is 67.0 Å². The third kappa shape index (κ3) is 4.55. The van der Waals surface area contributed by atoms with E-state index in [-0.39, 0.29) is 10.9 Å². The molecule has 0 unspecified atom stereocenters. The molecule has 1 aromatic heterocycles. The fraction of sp³-hybridized carbons (Fsp3) is 0.0526. The third-order valence-electron chi connectivity index (χ3n) is 3.42. The van der Waals surface area contributed by atoms with Gasteiger partial charge in [-0.2, -0.15) is 0 Å². The van der Waals surface area contributed by atoms with E-state index in [0.717, 1.165) is 5.56 Å². The van der Waals surface area contributed by atoms with Crippen molar-refractivity contribution < 1.29 is 13.9 Å². The van der Waals surface area contributed by atoms with Crippen molar-refractivity contribution in [2.75, 3.05) is 5.32 Å². The number of carbonyl (C=O) groups excluding carboxylic acids is 1. The minimum Gasteiger partial charge on any atom is -0.489 e. The second-order valence-electron chi connectivity index (χ2n) is 5.26. The molecule has 0 bridgehead atoms. The standard InChI is InChI=1S/C19H14ClFN2O2/c20-17-10-15(5-8-18(17)21)23-19(24)14-3-6-16(7-4-14)25-12-13-2-1-9-22-11-13/h1-11H,12H2,(H,23,24). The second-order valence-corrected chi connectivity index (χ2v) is 5.66. The van der Waals surface area contributed by atoms with Crippen molar-refractivity contribution in [3.8, 4) is 5.75 Å². The number of amides is 1. The first-order valence-corrected chi connectivity index (χ1v) is 7.88. The number of carbonyl (C=O) groups is 1. The van der Waals surface area contributed by atoms with Gasteiger partial charge in [0.1, 0.15) is 18.2 Å². The van der Waals surface area contributed by atoms with E-state index in [1.54, 1.807) is 36.7 Å². The van der Waals surface area contributed by atoms with E-state index in [0.29, 0.717) is 23.6 Å². The molecule has 0 aliphatic rings. The summed E-state index contributed by atoms with van der Waals surface area (Å²) in [6.07, 6.45) is 3.43. The quantitative estimate of drug-likeness (QED) is 0.720. The molecule has 3 aromatic rings. The summed E-state index contributed by atoms with van der Waals surface area (Å²) in [6, 6.07) is 14.5. The maximum absolute atomic E-state index is 13.1. The molecule has 1 amide bonds. The summed E-state index contributed by atoms with van der Waals surface area (Å²) in [7, 11) is 0. The van der Waals surface area contributed by atoms with Gasteiger partial charge in [-0.05, 0) is 48.5 Å². The number of nitrogens with zero attached hydrogens (tertiary/aromatic N) is 1. The Balaban J connectivity index is 1.61. The first-order valence-electron chi connectivity index (χ1n) is 7.50. The van der Waals surface area contributed by atoms with E-state index in [1.165, 1.54) is 18.2 Å². The highest BCUT2D eigenvalue weighted by molar-refractivity contribution is 6.31. The SMILES string of the molecule is O=C(Nc1ccc(F)c(Cl)c1)c1ccc(OCc2cccnc2)cc1. The topological polar surface area (TPSA) is 51.2 Å². The number of benzene rings is 2. The van der Waals surface area contributed by atoms with E-state index in [9.17, 15) is 9.18 Å². The molecular formula is C19H14ClFN2O2. The fourth-order valence-electron chi connectivity index (χ4n) is 2.13. The maximum Gasteiger partial charge on any atom is 0.255 e. The van der Waals surface area contributed by atoms with Gasteiger partial charge in [0, 0.05) is 29.2 Å². The van der Waals surface area contributed by atoms with E-state index in [4.69, 9.17) is 16.3 Å². The molecule has 0 aliphatic carbocycles. The number of ether oxygens (including phenoxy) is 1. The summed E-state index contributed by atoms with van der Waals surface area (Å²) in [5, 5.41) is 2.62. The van der Waals surface area contributed by atoms with Crippen molar-refractivity contribution >= 4 is 23.2 Å². The number of halogens is 2. The molecule has 1 N–H and O–H groups in total. The average molecular weight is 357 g/mol. The Labute approximate surface area is 149 Å². The van der Waals surface area contributed by atoms with E-state index < -0.39 is 5.82 Å². The molecule has 6 heteroatoms. The van der Waals surface area contributed by atoms with Crippen LogP contribution in [0, 0.1) is 5.82 Å². The molecule has 0 saturated heterocycles. The highest BCUT2D eigenvalue weighted by Crippen LogP contribution is 2.20. The second kappa shape index (κ2) is 7.77. The normalized spacial score (nSPS) is 10.3. The molecule has 0 atom stereocenters. The molecule has 0 radical (unpaired) electrons. The van der Waals surface area contributed by atoms with Crippen LogP contribution in [0.1, 0.15) is 15.9 Å². The van der Waals surface area contributed by atoms with Gasteiger partial charge in [0.2, 0.25) is 0 Å². The van der Waals surface area contributed by atoms with Gasteiger partial charge >= 0.3 is 0 Å². The Morgan fingerprint density at radius 1 is 1.16 bits per heavy atom. The average Bonchev–Trinajstić information content (AvgIpc) is 2.64. The summed E-state index contributed by atoms with van der Waals surface area (Å²) in [5.41, 5.74) is 1.83. The lowest BCUT2D eigenvalue weighted by Crippen LogP contribution is -2.11. The molecule has 4 nitrogen and oxygen atoms in total. The fourth-order valence-corrected chi connectivity index (χ4v) is 2.31. The first-order chi connectivity index (χ1) is 12.1. The highest BCUT2D eigenvalue weighted by Gasteiger charge is 2.08. The van der Waals surface area contributed by atoms with Crippen LogP contribution < -0.4 is 10.1 Å². The van der Waals surface area contributed by atoms with Crippen molar-refractivity contribution in [2.24, 2.45) is 0 Å². The number of anilines is 1. The number of hydrogen-bond donors (Lipinski definition) is 1. The summed E-state index contributed by atoms with van der Waals surface area (Å²) in [6.45, 7) is 0.396. The van der Waals surface area contributed by atoms with Crippen LogP contribution >= 0.6 is 11.6 Å². The van der Waals surface area contributed by atoms with Crippen LogP contribution in [0.2, 0.25) is 5.02 Å². The van der Waals surface area contributed by atoms with Crippen molar-refractivity contribution in [2.45, 2.75) is 6.61 Å². The summed E-state index contributed by atoms with van der Waals surface area (Å²) in [5.74, 6) is -0.207. The Kier molecular flexibility index (Phi) is 5.26. The van der Waals surface area contributed by atoms with Crippen LogP contribution in [0.25, 0.3) is 0 Å². The molecule has 0 aliphatic heterocycles. The molecule has 25 heavy (non-hydrogen) atoms. The van der Waals surface area contributed by atoms with Crippen LogP contribution in [0.3, 0.4) is 0 Å². The van der Waals surface area contributed by atoms with Gasteiger partial charge in [0.15, 0.2) is 0 Å². The predicted octanol–water partition coefficient (Wildman–Crippen LogP) is 4.71. The monoisotopic (exact) mass is 356 g/mol. The number of hydrogen-bond acceptors (Lipinski definition) is 3. The number of aromatic nitrogens is 1. The lowest BCUT2D eigenvalue weighted by atomic mass is 10.2. The van der Waals surface area contributed by atoms with Crippen LogP contribution in [0.5, 0.6) is 5.75 Å². The van der Waals surface area contributed by atoms with Gasteiger partial charge in [-0.15, -0.1) is 0 Å². The lowest BCUT2D eigenvalue weighted by molar-refractivity contribution is 0.102. The maximum atomic E-state index is 13.1. The van der Waals surface area contributed by atoms with Crippen molar-refractivity contribution in [1.29, 1.82) is 0 Å². The largest absolute Gasteiger partial charge is 0.489 e. The number of nitrogens with one attached hydrogen (secondary N) is 1. The van der Waals surface area contributed by atoms with Gasteiger partial charge < -0.3 is 10.1 Å². The van der Waals surface area contributed by atoms with Gasteiger partial charge in [-0.1, -0.05) is 17.7 Å². The summed E-state index contributed by atoms with van der Waals surface area (Å²) < 4.78 is 18.8. The van der Waals surface area contributed by atoms with Gasteiger partial charge in [-0.25, -0.2) is 4.39 Å². The van der Waals surface area contributed by atoms with E-state index in [2.05, 4.69) is 10.3 Å². The van der Waals surface area contributed by atoms with Gasteiger partial charge in [-0.3, -0.25) is 9.78 Å². The minimum absolute atomic E-state index is 0.0445. The first kappa shape index (κ1) is 16.9. The minimum atomic E-state index is -0.533. The van der Waals surface area contributed by atoms with Gasteiger partial charge in [0.25, 0.3) is 5.91 Å². The molecule has 1 heterocycles. The Morgan fingerprint density at radius 3 is 2.64 bits per heavy atom. The molecule has 3 rings (SSSR count). The van der Waals surface area contributed by atoms with Crippen LogP contribution in [0.4, 0.5) is 10.1 Å². The van der Waals surface area contributed by atoms with Crippen LogP contribution in [-0.4, -0.2) is 10.9 Å².